The van der Waals surface area contributed by atoms with Gasteiger partial charge < -0.3 is 0 Å². The van der Waals surface area contributed by atoms with Crippen LogP contribution >= 0.6 is 45.5 Å². The molecule has 0 amide bonds. The molecule has 1 unspecified atom stereocenters. The monoisotopic (exact) mass is 408 g/mol. The zero-order valence-corrected chi connectivity index (χ0v) is 14.2. The van der Waals surface area contributed by atoms with Crippen LogP contribution in [-0.2, 0) is 0 Å². The van der Waals surface area contributed by atoms with E-state index in [1.165, 1.54) is 32.7 Å². The highest BCUT2D eigenvalue weighted by Gasteiger charge is 2.26. The summed E-state index contributed by atoms with van der Waals surface area (Å²) in [7, 11) is 0. The van der Waals surface area contributed by atoms with Crippen LogP contribution in [0.4, 0.5) is 0 Å². The fraction of sp³-hybridized carbons (Fsp3) is 0.0588. The maximum absolute atomic E-state index is 6.29. The average Bonchev–Trinajstić information content (AvgIpc) is 2.84. The Morgan fingerprint density at radius 3 is 2.20 bits per heavy atom. The van der Waals surface area contributed by atoms with Gasteiger partial charge in [0.25, 0.3) is 0 Å². The zero-order valence-electron chi connectivity index (χ0n) is 10.4. The van der Waals surface area contributed by atoms with E-state index in [9.17, 15) is 0 Å². The minimum Gasteiger partial charge on any atom is -0.123 e. The number of hydrogen-bond donors (Lipinski definition) is 0. The molecule has 0 aliphatic heterocycles. The van der Waals surface area contributed by atoms with E-state index in [0.29, 0.717) is 3.92 Å². The standard InChI is InChI=1S/C17H10ClIS/c18-15-9-14-10-5-1-2-6-11(10)16(19)12-7-3-4-8-13(12)17(14)20-15/h1-9,16H. The van der Waals surface area contributed by atoms with Crippen LogP contribution in [0.2, 0.25) is 4.34 Å². The van der Waals surface area contributed by atoms with E-state index in [1.807, 2.05) is 0 Å². The molecule has 0 bridgehead atoms. The molecule has 3 heteroatoms. The minimum atomic E-state index is 0.373. The predicted octanol–water partition coefficient (Wildman–Crippen LogP) is 6.57. The molecular formula is C17H10ClIS. The molecule has 0 nitrogen and oxygen atoms in total. The van der Waals surface area contributed by atoms with Gasteiger partial charge in [-0.1, -0.05) is 82.7 Å². The highest BCUT2D eigenvalue weighted by molar-refractivity contribution is 14.1. The molecule has 0 N–H and O–H groups in total. The van der Waals surface area contributed by atoms with Crippen LogP contribution < -0.4 is 0 Å². The molecule has 1 aliphatic carbocycles. The highest BCUT2D eigenvalue weighted by Crippen LogP contribution is 2.51. The number of alkyl halides is 1. The number of fused-ring (bicyclic) bond motifs is 5. The molecule has 0 fully saturated rings. The second-order valence-electron chi connectivity index (χ2n) is 4.83. The fourth-order valence-corrected chi connectivity index (χ4v) is 5.19. The molecule has 4 rings (SSSR count). The van der Waals surface area contributed by atoms with Crippen molar-refractivity contribution in [1.82, 2.24) is 0 Å². The van der Waals surface area contributed by atoms with E-state index in [-0.39, 0.29) is 0 Å². The van der Waals surface area contributed by atoms with Gasteiger partial charge >= 0.3 is 0 Å². The first kappa shape index (κ1) is 12.9. The Labute approximate surface area is 140 Å². The summed E-state index contributed by atoms with van der Waals surface area (Å²) in [4.78, 5) is 1.29. The molecule has 0 saturated carbocycles. The van der Waals surface area contributed by atoms with Crippen LogP contribution in [0.25, 0.3) is 21.6 Å². The molecule has 1 heterocycles. The molecule has 0 radical (unpaired) electrons. The summed E-state index contributed by atoms with van der Waals surface area (Å²) in [5.74, 6) is 0. The SMILES string of the molecule is Clc1cc2c(s1)-c1ccccc1C(I)c1ccccc1-2. The van der Waals surface area contributed by atoms with Crippen LogP contribution in [0, 0.1) is 0 Å². The normalized spacial score (nSPS) is 16.0. The van der Waals surface area contributed by atoms with Crippen molar-refractivity contribution in [2.75, 3.05) is 0 Å². The van der Waals surface area contributed by atoms with Gasteiger partial charge in [0, 0.05) is 10.4 Å². The topological polar surface area (TPSA) is 0 Å². The Balaban J connectivity index is 2.16. The Kier molecular flexibility index (Phi) is 3.13. The van der Waals surface area contributed by atoms with Crippen LogP contribution in [-0.4, -0.2) is 0 Å². The molecule has 3 aromatic rings. The summed E-state index contributed by atoms with van der Waals surface area (Å²) in [6, 6.07) is 19.4. The average molecular weight is 409 g/mol. The largest absolute Gasteiger partial charge is 0.123 e. The number of benzene rings is 2. The lowest BCUT2D eigenvalue weighted by atomic mass is 9.99. The van der Waals surface area contributed by atoms with Crippen molar-refractivity contribution < 1.29 is 0 Å². The van der Waals surface area contributed by atoms with E-state index in [0.717, 1.165) is 4.34 Å². The molecule has 98 valence electrons. The smallest absolute Gasteiger partial charge is 0.0941 e. The van der Waals surface area contributed by atoms with E-state index >= 15 is 0 Å². The number of halogens is 2. The van der Waals surface area contributed by atoms with Gasteiger partial charge in [-0.25, -0.2) is 0 Å². The van der Waals surface area contributed by atoms with E-state index in [2.05, 4.69) is 77.2 Å². The van der Waals surface area contributed by atoms with Crippen LogP contribution in [0.3, 0.4) is 0 Å². The van der Waals surface area contributed by atoms with Crippen molar-refractivity contribution in [2.45, 2.75) is 3.92 Å². The van der Waals surface area contributed by atoms with Gasteiger partial charge in [-0.2, -0.15) is 0 Å². The molecule has 20 heavy (non-hydrogen) atoms. The van der Waals surface area contributed by atoms with Crippen molar-refractivity contribution in [3.8, 4) is 21.6 Å². The van der Waals surface area contributed by atoms with Gasteiger partial charge in [-0.05, 0) is 28.3 Å². The summed E-state index contributed by atoms with van der Waals surface area (Å²) in [5, 5.41) is 0. The van der Waals surface area contributed by atoms with Crippen LogP contribution in [0.5, 0.6) is 0 Å². The fourth-order valence-electron chi connectivity index (χ4n) is 2.82. The lowest BCUT2D eigenvalue weighted by Gasteiger charge is -2.13. The third-order valence-corrected chi connectivity index (χ3v) is 6.34. The maximum atomic E-state index is 6.29. The van der Waals surface area contributed by atoms with Crippen molar-refractivity contribution >= 4 is 45.5 Å². The summed E-state index contributed by atoms with van der Waals surface area (Å²) in [6.45, 7) is 0. The highest BCUT2D eigenvalue weighted by atomic mass is 127. The minimum absolute atomic E-state index is 0.373. The first-order valence-corrected chi connectivity index (χ1v) is 8.81. The first-order chi connectivity index (χ1) is 9.75. The summed E-state index contributed by atoms with van der Waals surface area (Å²) < 4.78 is 1.23. The summed E-state index contributed by atoms with van der Waals surface area (Å²) in [5.41, 5.74) is 6.63. The Hall–Kier alpha value is -0.840. The number of hydrogen-bond acceptors (Lipinski definition) is 1. The molecular weight excluding hydrogens is 399 g/mol. The summed E-state index contributed by atoms with van der Waals surface area (Å²) in [6.07, 6.45) is 0. The second kappa shape index (κ2) is 4.86. The van der Waals surface area contributed by atoms with Gasteiger partial charge in [0.2, 0.25) is 0 Å². The lowest BCUT2D eigenvalue weighted by Crippen LogP contribution is -1.93. The van der Waals surface area contributed by atoms with E-state index < -0.39 is 0 Å². The van der Waals surface area contributed by atoms with Gasteiger partial charge in [-0.3, -0.25) is 0 Å². The van der Waals surface area contributed by atoms with Crippen molar-refractivity contribution in [3.63, 3.8) is 0 Å². The molecule has 0 spiro atoms. The van der Waals surface area contributed by atoms with Crippen molar-refractivity contribution in [2.24, 2.45) is 0 Å². The maximum Gasteiger partial charge on any atom is 0.0941 e. The predicted molar refractivity (Wildman–Crippen MR) is 96.1 cm³/mol. The summed E-state index contributed by atoms with van der Waals surface area (Å²) >= 11 is 10.5. The second-order valence-corrected chi connectivity index (χ2v) is 7.76. The van der Waals surface area contributed by atoms with Gasteiger partial charge in [0.05, 0.1) is 8.26 Å². The number of rotatable bonds is 0. The van der Waals surface area contributed by atoms with Crippen LogP contribution in [0.15, 0.2) is 54.6 Å². The van der Waals surface area contributed by atoms with E-state index in [1.54, 1.807) is 11.3 Å². The molecule has 1 aliphatic rings. The number of thiophene rings is 1. The van der Waals surface area contributed by atoms with E-state index in [4.69, 9.17) is 11.6 Å². The zero-order chi connectivity index (χ0) is 13.7. The first-order valence-electron chi connectivity index (χ1n) is 6.37. The quantitative estimate of drug-likeness (QED) is 0.291. The molecule has 1 aromatic heterocycles. The third-order valence-electron chi connectivity index (χ3n) is 3.70. The molecule has 0 saturated heterocycles. The molecule has 1 atom stereocenters. The molecule has 2 aromatic carbocycles. The Morgan fingerprint density at radius 2 is 1.45 bits per heavy atom. The lowest BCUT2D eigenvalue weighted by molar-refractivity contribution is 1.22. The van der Waals surface area contributed by atoms with Crippen molar-refractivity contribution in [1.29, 1.82) is 0 Å². The Morgan fingerprint density at radius 1 is 0.850 bits per heavy atom. The Bertz CT molecular complexity index is 741. The third kappa shape index (κ3) is 1.85. The van der Waals surface area contributed by atoms with Gasteiger partial charge in [0.1, 0.15) is 0 Å². The van der Waals surface area contributed by atoms with Gasteiger partial charge in [0.15, 0.2) is 0 Å². The van der Waals surface area contributed by atoms with Gasteiger partial charge in [-0.15, -0.1) is 11.3 Å². The van der Waals surface area contributed by atoms with Crippen LogP contribution in [0.1, 0.15) is 15.1 Å². The van der Waals surface area contributed by atoms with Crippen molar-refractivity contribution in [3.05, 3.63) is 70.1 Å².